The van der Waals surface area contributed by atoms with E-state index in [-0.39, 0.29) is 29.7 Å². The molecule has 172 valence electrons. The quantitative estimate of drug-likeness (QED) is 0.249. The van der Waals surface area contributed by atoms with E-state index in [1.54, 1.807) is 0 Å². The summed E-state index contributed by atoms with van der Waals surface area (Å²) in [5.41, 5.74) is 0.990. The minimum atomic E-state index is -1.22. The molecule has 1 N–H and O–H groups in total. The first-order valence-corrected chi connectivity index (χ1v) is 11.1. The Balaban J connectivity index is 1.58. The van der Waals surface area contributed by atoms with E-state index in [9.17, 15) is 20.0 Å². The average Bonchev–Trinajstić information content (AvgIpc) is 3.02. The maximum absolute atomic E-state index is 11.4. The second kappa shape index (κ2) is 10.7. The highest BCUT2D eigenvalue weighted by atomic mass is 16.6. The minimum Gasteiger partial charge on any atom is -0.489 e. The van der Waals surface area contributed by atoms with Crippen molar-refractivity contribution in [2.24, 2.45) is 17.8 Å². The van der Waals surface area contributed by atoms with Gasteiger partial charge in [0.25, 0.3) is 0 Å². The maximum Gasteiger partial charge on any atom is 0.207 e. The summed E-state index contributed by atoms with van der Waals surface area (Å²) in [6, 6.07) is 17.9. The summed E-state index contributed by atoms with van der Waals surface area (Å²) in [7, 11) is 1.83. The molecule has 0 radical (unpaired) electrons. The SMILES string of the molecule is C[C@H]1CC(O)(N(C)CCc2ccc(OCc3ccccc3)cc2)[C@@H](CC=O)[C@@H]1C[N+](=O)[O-]. The van der Waals surface area contributed by atoms with Gasteiger partial charge >= 0.3 is 0 Å². The van der Waals surface area contributed by atoms with Gasteiger partial charge in [0.05, 0.1) is 0 Å². The van der Waals surface area contributed by atoms with E-state index in [0.29, 0.717) is 26.0 Å². The van der Waals surface area contributed by atoms with E-state index in [1.165, 1.54) is 0 Å². The Labute approximate surface area is 189 Å². The van der Waals surface area contributed by atoms with Crippen LogP contribution >= 0.6 is 0 Å². The van der Waals surface area contributed by atoms with Crippen molar-refractivity contribution in [3.63, 3.8) is 0 Å². The molecule has 7 heteroatoms. The number of benzene rings is 2. The van der Waals surface area contributed by atoms with Crippen molar-refractivity contribution >= 4 is 6.29 Å². The van der Waals surface area contributed by atoms with E-state index in [4.69, 9.17) is 4.74 Å². The summed E-state index contributed by atoms with van der Waals surface area (Å²) in [5.74, 6) is 0.00424. The van der Waals surface area contributed by atoms with Gasteiger partial charge in [-0.1, -0.05) is 49.4 Å². The molecule has 1 aliphatic rings. The number of carbonyl (C=O) groups excluding carboxylic acids is 1. The lowest BCUT2D eigenvalue weighted by atomic mass is 9.85. The highest BCUT2D eigenvalue weighted by Gasteiger charge is 2.54. The van der Waals surface area contributed by atoms with Crippen LogP contribution in [0.4, 0.5) is 0 Å². The van der Waals surface area contributed by atoms with Gasteiger partial charge in [0, 0.05) is 29.7 Å². The summed E-state index contributed by atoms with van der Waals surface area (Å²) in [6.45, 7) is 2.79. The van der Waals surface area contributed by atoms with Crippen molar-refractivity contribution in [1.29, 1.82) is 0 Å². The third kappa shape index (κ3) is 5.72. The van der Waals surface area contributed by atoms with Gasteiger partial charge in [0.1, 0.15) is 24.4 Å². The van der Waals surface area contributed by atoms with Gasteiger partial charge in [-0.2, -0.15) is 0 Å². The number of rotatable bonds is 11. The van der Waals surface area contributed by atoms with Crippen molar-refractivity contribution in [2.45, 2.75) is 38.5 Å². The van der Waals surface area contributed by atoms with Crippen LogP contribution in [-0.4, -0.2) is 47.1 Å². The molecule has 0 aromatic heterocycles. The van der Waals surface area contributed by atoms with Crippen molar-refractivity contribution in [3.05, 3.63) is 75.8 Å². The number of likely N-dealkylation sites (N-methyl/N-ethyl adjacent to an activating group) is 1. The predicted molar refractivity (Wildman–Crippen MR) is 122 cm³/mol. The van der Waals surface area contributed by atoms with Gasteiger partial charge in [-0.25, -0.2) is 0 Å². The fourth-order valence-corrected chi connectivity index (χ4v) is 4.89. The topological polar surface area (TPSA) is 92.9 Å². The molecule has 1 aliphatic carbocycles. The number of ether oxygens (including phenoxy) is 1. The van der Waals surface area contributed by atoms with Gasteiger partial charge in [0.15, 0.2) is 0 Å². The van der Waals surface area contributed by atoms with Gasteiger partial charge in [-0.15, -0.1) is 0 Å². The van der Waals surface area contributed by atoms with E-state index in [0.717, 1.165) is 23.2 Å². The minimum absolute atomic E-state index is 0.0288. The normalized spacial score (nSPS) is 25.1. The highest BCUT2D eigenvalue weighted by Crippen LogP contribution is 2.47. The Bertz CT molecular complexity index is 889. The third-order valence-electron chi connectivity index (χ3n) is 6.74. The average molecular weight is 441 g/mol. The van der Waals surface area contributed by atoms with Crippen LogP contribution in [0.15, 0.2) is 54.6 Å². The zero-order valence-electron chi connectivity index (χ0n) is 18.7. The van der Waals surface area contributed by atoms with Crippen LogP contribution in [0, 0.1) is 27.9 Å². The van der Waals surface area contributed by atoms with E-state index >= 15 is 0 Å². The predicted octanol–water partition coefficient (Wildman–Crippen LogP) is 3.57. The molecule has 2 aromatic carbocycles. The highest BCUT2D eigenvalue weighted by molar-refractivity contribution is 5.50. The molecule has 2 aromatic rings. The largest absolute Gasteiger partial charge is 0.489 e. The van der Waals surface area contributed by atoms with Crippen molar-refractivity contribution in [1.82, 2.24) is 4.90 Å². The summed E-state index contributed by atoms with van der Waals surface area (Å²) >= 11 is 0. The van der Waals surface area contributed by atoms with Crippen LogP contribution in [0.1, 0.15) is 30.9 Å². The number of nitrogens with zero attached hydrogens (tertiary/aromatic N) is 2. The van der Waals surface area contributed by atoms with Gasteiger partial charge in [-0.3, -0.25) is 15.0 Å². The van der Waals surface area contributed by atoms with Gasteiger partial charge < -0.3 is 14.6 Å². The summed E-state index contributed by atoms with van der Waals surface area (Å²) in [4.78, 5) is 23.9. The molecular weight excluding hydrogens is 408 g/mol. The number of aliphatic hydroxyl groups is 1. The van der Waals surface area contributed by atoms with E-state index in [1.807, 2.05) is 73.5 Å². The first-order valence-electron chi connectivity index (χ1n) is 11.1. The molecular formula is C25H32N2O5. The van der Waals surface area contributed by atoms with Crippen LogP contribution < -0.4 is 4.74 Å². The first-order chi connectivity index (χ1) is 15.3. The van der Waals surface area contributed by atoms with Crippen molar-refractivity contribution < 1.29 is 19.6 Å². The number of hydrogen-bond donors (Lipinski definition) is 1. The Hall–Kier alpha value is -2.77. The zero-order chi connectivity index (χ0) is 23.1. The summed E-state index contributed by atoms with van der Waals surface area (Å²) in [5, 5.41) is 22.5. The first kappa shape index (κ1) is 23.9. The third-order valence-corrected chi connectivity index (χ3v) is 6.74. The molecule has 4 atom stereocenters. The van der Waals surface area contributed by atoms with Gasteiger partial charge in [-0.05, 0) is 49.1 Å². The van der Waals surface area contributed by atoms with Crippen LogP contribution in [0.25, 0.3) is 0 Å². The summed E-state index contributed by atoms with van der Waals surface area (Å²) in [6.07, 6.45) is 2.02. The van der Waals surface area contributed by atoms with Crippen LogP contribution in [-0.2, 0) is 17.8 Å². The fourth-order valence-electron chi connectivity index (χ4n) is 4.89. The van der Waals surface area contributed by atoms with Gasteiger partial charge in [0.2, 0.25) is 6.54 Å². The molecule has 0 spiro atoms. The Morgan fingerprint density at radius 2 is 1.88 bits per heavy atom. The zero-order valence-corrected chi connectivity index (χ0v) is 18.7. The van der Waals surface area contributed by atoms with E-state index in [2.05, 4.69) is 0 Å². The van der Waals surface area contributed by atoms with E-state index < -0.39 is 11.6 Å². The number of aldehydes is 1. The summed E-state index contributed by atoms with van der Waals surface area (Å²) < 4.78 is 5.83. The van der Waals surface area contributed by atoms with Crippen molar-refractivity contribution in [3.8, 4) is 5.75 Å². The molecule has 0 aliphatic heterocycles. The molecule has 32 heavy (non-hydrogen) atoms. The van der Waals surface area contributed by atoms with Crippen LogP contribution in [0.5, 0.6) is 5.75 Å². The standard InChI is InChI=1S/C25H32N2O5/c1-19-16-25(29,24(13-15-28)23(19)17-27(30)31)26(2)14-12-20-8-10-22(11-9-20)32-18-21-6-4-3-5-7-21/h3-11,15,19,23-24,29H,12-14,16-18H2,1-2H3/t19-,23+,24-,25?/m0/s1. The van der Waals surface area contributed by atoms with Crippen LogP contribution in [0.2, 0.25) is 0 Å². The van der Waals surface area contributed by atoms with Crippen LogP contribution in [0.3, 0.4) is 0 Å². The lowest BCUT2D eigenvalue weighted by molar-refractivity contribution is -0.491. The lowest BCUT2D eigenvalue weighted by Gasteiger charge is -2.39. The second-order valence-corrected chi connectivity index (χ2v) is 8.84. The monoisotopic (exact) mass is 440 g/mol. The second-order valence-electron chi connectivity index (χ2n) is 8.84. The maximum atomic E-state index is 11.4. The smallest absolute Gasteiger partial charge is 0.207 e. The fraction of sp³-hybridized carbons (Fsp3) is 0.480. The molecule has 7 nitrogen and oxygen atoms in total. The molecule has 1 fully saturated rings. The number of carbonyl (C=O) groups is 1. The van der Waals surface area contributed by atoms with Crippen molar-refractivity contribution in [2.75, 3.05) is 20.1 Å². The number of nitro groups is 1. The number of hydrogen-bond acceptors (Lipinski definition) is 6. The molecule has 0 bridgehead atoms. The molecule has 1 unspecified atom stereocenters. The molecule has 3 rings (SSSR count). The molecule has 0 saturated heterocycles. The molecule has 1 saturated carbocycles. The lowest BCUT2D eigenvalue weighted by Crippen LogP contribution is -2.51. The molecule has 0 amide bonds. The Morgan fingerprint density at radius 1 is 1.19 bits per heavy atom. The Kier molecular flexibility index (Phi) is 7.99. The Morgan fingerprint density at radius 3 is 2.50 bits per heavy atom. The molecule has 0 heterocycles.